The number of hydrogen-bond donors (Lipinski definition) is 0. The number of nitrogens with zero attached hydrogens (tertiary/aromatic N) is 1. The highest BCUT2D eigenvalue weighted by Gasteiger charge is 1.88. The van der Waals surface area contributed by atoms with Crippen LogP contribution in [0.1, 0.15) is 17.0 Å². The van der Waals surface area contributed by atoms with Crippen LogP contribution in [0, 0.1) is 18.8 Å². The lowest BCUT2D eigenvalue weighted by molar-refractivity contribution is -0.00000313. The van der Waals surface area contributed by atoms with Gasteiger partial charge in [-0.05, 0) is 37.1 Å². The van der Waals surface area contributed by atoms with Crippen LogP contribution in [0.15, 0.2) is 48.5 Å². The van der Waals surface area contributed by atoms with Gasteiger partial charge in [-0.15, -0.1) is 0 Å². The molecule has 1 aromatic heterocycles. The first-order valence-electron chi connectivity index (χ1n) is 4.85. The average molecular weight is 229 g/mol. The fourth-order valence-electron chi connectivity index (χ4n) is 1.27. The van der Waals surface area contributed by atoms with Crippen LogP contribution >= 0.6 is 0 Å². The Bertz CT molecular complexity index is 509. The normalized spacial score (nSPS) is 8.56. The van der Waals surface area contributed by atoms with E-state index in [0.29, 0.717) is 0 Å². The molecule has 16 heavy (non-hydrogen) atoms. The van der Waals surface area contributed by atoms with Crippen LogP contribution in [-0.4, -0.2) is 4.98 Å². The Morgan fingerprint density at radius 2 is 1.62 bits per heavy atom. The predicted octanol–water partition coefficient (Wildman–Crippen LogP) is -0.206. The lowest BCUT2D eigenvalue weighted by Gasteiger charge is -1.91. The Balaban J connectivity index is 0.00000128. The molecular weight excluding hydrogens is 218 g/mol. The first-order chi connectivity index (χ1) is 7.34. The number of halogens is 1. The SMILES string of the molecule is Cc1cccc(C#Cc2ccccc2)n1.[Cl-]. The first kappa shape index (κ1) is 12.3. The van der Waals surface area contributed by atoms with Crippen LogP contribution in [0.25, 0.3) is 0 Å². The summed E-state index contributed by atoms with van der Waals surface area (Å²) in [7, 11) is 0. The van der Waals surface area contributed by atoms with Gasteiger partial charge in [0.05, 0.1) is 0 Å². The largest absolute Gasteiger partial charge is 1.00 e. The number of benzene rings is 1. The smallest absolute Gasteiger partial charge is 0.113 e. The molecule has 1 aromatic carbocycles. The fraction of sp³-hybridized carbons (Fsp3) is 0.0714. The van der Waals surface area contributed by atoms with Crippen molar-refractivity contribution in [3.05, 3.63) is 65.5 Å². The number of aromatic nitrogens is 1. The highest BCUT2D eigenvalue weighted by atomic mass is 35.5. The third-order valence-electron chi connectivity index (χ3n) is 2.00. The average Bonchev–Trinajstić information content (AvgIpc) is 2.28. The van der Waals surface area contributed by atoms with E-state index >= 15 is 0 Å². The highest BCUT2D eigenvalue weighted by Crippen LogP contribution is 1.98. The van der Waals surface area contributed by atoms with Crippen molar-refractivity contribution in [3.63, 3.8) is 0 Å². The summed E-state index contributed by atoms with van der Waals surface area (Å²) in [5.74, 6) is 6.12. The molecular formula is C14H11ClN-. The standard InChI is InChI=1S/C14H11N.ClH/c1-12-6-5-9-14(15-12)11-10-13-7-3-2-4-8-13;/h2-9H,1H3;1H/p-1. The Kier molecular flexibility index (Phi) is 4.57. The van der Waals surface area contributed by atoms with Crippen molar-refractivity contribution < 1.29 is 12.4 Å². The molecule has 0 aliphatic heterocycles. The molecule has 1 nitrogen and oxygen atoms in total. The zero-order valence-electron chi connectivity index (χ0n) is 8.94. The van der Waals surface area contributed by atoms with Crippen molar-refractivity contribution in [1.29, 1.82) is 0 Å². The zero-order valence-corrected chi connectivity index (χ0v) is 9.70. The van der Waals surface area contributed by atoms with Gasteiger partial charge in [-0.2, -0.15) is 0 Å². The number of aryl methyl sites for hydroxylation is 1. The lowest BCUT2D eigenvalue weighted by Crippen LogP contribution is -3.00. The second-order valence-electron chi connectivity index (χ2n) is 3.28. The summed E-state index contributed by atoms with van der Waals surface area (Å²) in [6.45, 7) is 1.97. The van der Waals surface area contributed by atoms with E-state index in [9.17, 15) is 0 Å². The third kappa shape index (κ3) is 3.42. The molecule has 0 fully saturated rings. The second-order valence-corrected chi connectivity index (χ2v) is 3.28. The van der Waals surface area contributed by atoms with Crippen molar-refractivity contribution in [2.24, 2.45) is 0 Å². The highest BCUT2D eigenvalue weighted by molar-refractivity contribution is 5.39. The first-order valence-corrected chi connectivity index (χ1v) is 4.85. The number of hydrogen-bond acceptors (Lipinski definition) is 1. The van der Waals surface area contributed by atoms with Gasteiger partial charge >= 0.3 is 0 Å². The van der Waals surface area contributed by atoms with E-state index in [4.69, 9.17) is 0 Å². The van der Waals surface area contributed by atoms with E-state index in [1.165, 1.54) is 0 Å². The summed E-state index contributed by atoms with van der Waals surface area (Å²) in [5.41, 5.74) is 2.83. The quantitative estimate of drug-likeness (QED) is 0.569. The van der Waals surface area contributed by atoms with Crippen molar-refractivity contribution in [2.75, 3.05) is 0 Å². The predicted molar refractivity (Wildman–Crippen MR) is 61.4 cm³/mol. The molecule has 2 aromatic rings. The molecule has 0 atom stereocenters. The Morgan fingerprint density at radius 3 is 2.31 bits per heavy atom. The van der Waals surface area contributed by atoms with E-state index in [1.54, 1.807) is 0 Å². The van der Waals surface area contributed by atoms with E-state index in [-0.39, 0.29) is 12.4 Å². The Labute approximate surface area is 102 Å². The zero-order chi connectivity index (χ0) is 10.5. The van der Waals surface area contributed by atoms with Gasteiger partial charge in [0.2, 0.25) is 0 Å². The van der Waals surface area contributed by atoms with Gasteiger partial charge in [0.1, 0.15) is 5.69 Å². The minimum atomic E-state index is 0. The molecule has 0 N–H and O–H groups in total. The summed E-state index contributed by atoms with van der Waals surface area (Å²) in [6, 6.07) is 15.8. The van der Waals surface area contributed by atoms with Gasteiger partial charge < -0.3 is 12.4 Å². The fourth-order valence-corrected chi connectivity index (χ4v) is 1.27. The molecule has 0 unspecified atom stereocenters. The molecule has 0 aliphatic rings. The van der Waals surface area contributed by atoms with Gasteiger partial charge in [-0.3, -0.25) is 0 Å². The maximum absolute atomic E-state index is 4.31. The van der Waals surface area contributed by atoms with Crippen molar-refractivity contribution in [3.8, 4) is 11.8 Å². The maximum atomic E-state index is 4.31. The van der Waals surface area contributed by atoms with Crippen molar-refractivity contribution in [2.45, 2.75) is 6.92 Å². The van der Waals surface area contributed by atoms with E-state index in [2.05, 4.69) is 16.8 Å². The molecule has 0 saturated carbocycles. The molecule has 1 heterocycles. The molecule has 0 spiro atoms. The molecule has 80 valence electrons. The lowest BCUT2D eigenvalue weighted by atomic mass is 10.2. The van der Waals surface area contributed by atoms with Crippen molar-refractivity contribution >= 4 is 0 Å². The number of pyridine rings is 1. The maximum Gasteiger partial charge on any atom is 0.113 e. The van der Waals surface area contributed by atoms with Gasteiger partial charge in [-0.1, -0.05) is 30.2 Å². The Hall–Kier alpha value is -1.78. The number of rotatable bonds is 0. The Morgan fingerprint density at radius 1 is 0.875 bits per heavy atom. The van der Waals surface area contributed by atoms with Gasteiger partial charge in [-0.25, -0.2) is 4.98 Å². The van der Waals surface area contributed by atoms with Crippen LogP contribution in [0.4, 0.5) is 0 Å². The van der Waals surface area contributed by atoms with E-state index in [0.717, 1.165) is 17.0 Å². The molecule has 0 saturated heterocycles. The van der Waals surface area contributed by atoms with Crippen LogP contribution in [0.5, 0.6) is 0 Å². The van der Waals surface area contributed by atoms with Crippen LogP contribution in [-0.2, 0) is 0 Å². The summed E-state index contributed by atoms with van der Waals surface area (Å²) in [5, 5.41) is 0. The third-order valence-corrected chi connectivity index (χ3v) is 2.00. The van der Waals surface area contributed by atoms with Crippen LogP contribution in [0.2, 0.25) is 0 Å². The molecule has 2 rings (SSSR count). The molecule has 0 amide bonds. The van der Waals surface area contributed by atoms with Gasteiger partial charge in [0.15, 0.2) is 0 Å². The van der Waals surface area contributed by atoms with E-state index < -0.39 is 0 Å². The topological polar surface area (TPSA) is 12.9 Å². The second kappa shape index (κ2) is 5.95. The van der Waals surface area contributed by atoms with E-state index in [1.807, 2.05) is 55.5 Å². The molecule has 0 radical (unpaired) electrons. The van der Waals surface area contributed by atoms with Gasteiger partial charge in [0.25, 0.3) is 0 Å². The monoisotopic (exact) mass is 228 g/mol. The summed E-state index contributed by atoms with van der Waals surface area (Å²) < 4.78 is 0. The summed E-state index contributed by atoms with van der Waals surface area (Å²) >= 11 is 0. The molecule has 0 aliphatic carbocycles. The molecule has 0 bridgehead atoms. The molecule has 2 heteroatoms. The van der Waals surface area contributed by atoms with Crippen molar-refractivity contribution in [1.82, 2.24) is 4.98 Å². The van der Waals surface area contributed by atoms with Gasteiger partial charge in [0, 0.05) is 11.3 Å². The minimum Gasteiger partial charge on any atom is -1.00 e. The van der Waals surface area contributed by atoms with Crippen LogP contribution < -0.4 is 12.4 Å². The summed E-state index contributed by atoms with van der Waals surface area (Å²) in [6.07, 6.45) is 0. The minimum absolute atomic E-state index is 0. The summed E-state index contributed by atoms with van der Waals surface area (Å²) in [4.78, 5) is 4.31. The van der Waals surface area contributed by atoms with Crippen LogP contribution in [0.3, 0.4) is 0 Å².